The van der Waals surface area contributed by atoms with Gasteiger partial charge in [-0.2, -0.15) is 0 Å². The van der Waals surface area contributed by atoms with Crippen LogP contribution >= 0.6 is 0 Å². The molecule has 124 valence electrons. The van der Waals surface area contributed by atoms with Crippen molar-refractivity contribution in [2.45, 2.75) is 32.1 Å². The van der Waals surface area contributed by atoms with Gasteiger partial charge in [-0.3, -0.25) is 5.73 Å². The Morgan fingerprint density at radius 1 is 1.17 bits per heavy atom. The number of nitrogens with one attached hydrogen (secondary N) is 2. The maximum atomic E-state index is 13.8. The van der Waals surface area contributed by atoms with Crippen LogP contribution in [0.2, 0.25) is 0 Å². The number of amidine groups is 1. The van der Waals surface area contributed by atoms with E-state index >= 15 is 0 Å². The molecule has 1 atom stereocenters. The molecule has 1 heterocycles. The monoisotopic (exact) mass is 329 g/mol. The summed E-state index contributed by atoms with van der Waals surface area (Å²) in [7, 11) is 0. The summed E-state index contributed by atoms with van der Waals surface area (Å²) in [5, 5.41) is 5.01. The van der Waals surface area contributed by atoms with Crippen molar-refractivity contribution >= 4 is 17.9 Å². The van der Waals surface area contributed by atoms with E-state index in [1.807, 2.05) is 6.92 Å². The topological polar surface area (TPSA) is 74.8 Å². The highest BCUT2D eigenvalue weighted by atomic mass is 19.2. The van der Waals surface area contributed by atoms with Gasteiger partial charge in [0.15, 0.2) is 23.3 Å². The normalized spacial score (nSPS) is 25.4. The van der Waals surface area contributed by atoms with Crippen LogP contribution in [0.15, 0.2) is 16.1 Å². The Balaban J connectivity index is 1.96. The molecule has 4 N–H and O–H groups in total. The quantitative estimate of drug-likeness (QED) is 0.453. The van der Waals surface area contributed by atoms with Gasteiger partial charge in [-0.25, -0.2) is 27.5 Å². The SMILES string of the molecule is CC1(C2=NC(N)(Nc3c(F)c(F)cc(F)c3F)N=CN2)CCC1. The van der Waals surface area contributed by atoms with Crippen LogP contribution in [0.3, 0.4) is 0 Å². The molecule has 0 saturated heterocycles. The van der Waals surface area contributed by atoms with Crippen molar-refractivity contribution in [1.82, 2.24) is 5.32 Å². The zero-order chi connectivity index (χ0) is 16.8. The van der Waals surface area contributed by atoms with E-state index in [2.05, 4.69) is 20.6 Å². The first-order chi connectivity index (χ1) is 10.7. The van der Waals surface area contributed by atoms with Gasteiger partial charge in [0.2, 0.25) is 0 Å². The fourth-order valence-corrected chi connectivity index (χ4v) is 2.60. The average Bonchev–Trinajstić information content (AvgIpc) is 2.47. The van der Waals surface area contributed by atoms with Gasteiger partial charge in [0.25, 0.3) is 5.91 Å². The van der Waals surface area contributed by atoms with Crippen LogP contribution < -0.4 is 16.4 Å². The molecule has 0 aromatic heterocycles. The fraction of sp³-hybridized carbons (Fsp3) is 0.429. The molecule has 1 aromatic carbocycles. The minimum absolute atomic E-state index is 0.120. The molecule has 0 spiro atoms. The van der Waals surface area contributed by atoms with Crippen molar-refractivity contribution in [2.75, 3.05) is 5.32 Å². The third kappa shape index (κ3) is 2.65. The van der Waals surface area contributed by atoms with E-state index in [1.165, 1.54) is 6.34 Å². The zero-order valence-electron chi connectivity index (χ0n) is 12.3. The summed E-state index contributed by atoms with van der Waals surface area (Å²) in [6.45, 7) is 1.96. The largest absolute Gasteiger partial charge is 0.334 e. The lowest BCUT2D eigenvalue weighted by molar-refractivity contribution is 0.253. The van der Waals surface area contributed by atoms with Gasteiger partial charge in [-0.05, 0) is 12.8 Å². The van der Waals surface area contributed by atoms with Crippen molar-refractivity contribution in [3.05, 3.63) is 29.3 Å². The number of hydrogen-bond acceptors (Lipinski definition) is 5. The van der Waals surface area contributed by atoms with E-state index in [4.69, 9.17) is 5.73 Å². The smallest absolute Gasteiger partial charge is 0.286 e. The number of rotatable bonds is 3. The minimum Gasteiger partial charge on any atom is -0.334 e. The van der Waals surface area contributed by atoms with E-state index in [0.29, 0.717) is 5.84 Å². The lowest BCUT2D eigenvalue weighted by atomic mass is 9.69. The highest BCUT2D eigenvalue weighted by molar-refractivity contribution is 5.98. The molecule has 1 saturated carbocycles. The van der Waals surface area contributed by atoms with E-state index in [0.717, 1.165) is 19.3 Å². The second kappa shape index (κ2) is 5.19. The van der Waals surface area contributed by atoms with Crippen LogP contribution in [0.1, 0.15) is 26.2 Å². The number of nitrogens with zero attached hydrogens (tertiary/aromatic N) is 2. The summed E-state index contributed by atoms with van der Waals surface area (Å²) in [6, 6.07) is 0.120. The maximum absolute atomic E-state index is 13.8. The Morgan fingerprint density at radius 3 is 2.30 bits per heavy atom. The van der Waals surface area contributed by atoms with Crippen LogP contribution in [0.4, 0.5) is 23.2 Å². The first-order valence-corrected chi connectivity index (χ1v) is 7.05. The van der Waals surface area contributed by atoms with Crippen LogP contribution in [0.5, 0.6) is 0 Å². The molecule has 1 unspecified atom stereocenters. The molecule has 3 rings (SSSR count). The van der Waals surface area contributed by atoms with Gasteiger partial charge in [0.05, 0.1) is 6.34 Å². The number of halogens is 4. The summed E-state index contributed by atoms with van der Waals surface area (Å²) < 4.78 is 54.1. The predicted octanol–water partition coefficient (Wildman–Crippen LogP) is 2.45. The highest BCUT2D eigenvalue weighted by Gasteiger charge is 2.41. The average molecular weight is 329 g/mol. The molecule has 5 nitrogen and oxygen atoms in total. The molecule has 1 fully saturated rings. The van der Waals surface area contributed by atoms with Crippen molar-refractivity contribution in [3.63, 3.8) is 0 Å². The van der Waals surface area contributed by atoms with Gasteiger partial charge < -0.3 is 10.6 Å². The summed E-state index contributed by atoms with van der Waals surface area (Å²) in [4.78, 5) is 7.93. The standard InChI is InChI=1S/C14H15F4N5/c1-13(3-2-4-13)12-20-6-21-14(19,23-12)22-11-9(17)7(15)5-8(16)10(11)18/h5-6,22H,2-4,19H2,1H3,(H,20,21,23). The molecule has 2 aliphatic rings. The third-order valence-electron chi connectivity index (χ3n) is 4.19. The Labute approximate surface area is 129 Å². The first kappa shape index (κ1) is 15.7. The molecular weight excluding hydrogens is 314 g/mol. The molecule has 1 aliphatic heterocycles. The van der Waals surface area contributed by atoms with Crippen molar-refractivity contribution < 1.29 is 17.6 Å². The van der Waals surface area contributed by atoms with E-state index < -0.39 is 34.9 Å². The summed E-state index contributed by atoms with van der Waals surface area (Å²) >= 11 is 0. The van der Waals surface area contributed by atoms with Crippen molar-refractivity contribution in [1.29, 1.82) is 0 Å². The number of anilines is 1. The molecule has 1 aliphatic carbocycles. The Hall–Kier alpha value is -2.16. The molecular formula is C14H15F4N5. The lowest BCUT2D eigenvalue weighted by Crippen LogP contribution is -2.54. The fourth-order valence-electron chi connectivity index (χ4n) is 2.60. The highest BCUT2D eigenvalue weighted by Crippen LogP contribution is 2.41. The minimum atomic E-state index is -1.96. The summed E-state index contributed by atoms with van der Waals surface area (Å²) in [5.41, 5.74) is 4.60. The predicted molar refractivity (Wildman–Crippen MR) is 77.8 cm³/mol. The molecule has 0 radical (unpaired) electrons. The second-order valence-electron chi connectivity index (χ2n) is 5.97. The lowest BCUT2D eigenvalue weighted by Gasteiger charge is -2.41. The summed E-state index contributed by atoms with van der Waals surface area (Å²) in [6.07, 6.45) is 4.02. The van der Waals surface area contributed by atoms with Gasteiger partial charge in [0.1, 0.15) is 11.5 Å². The number of hydrogen-bond donors (Lipinski definition) is 3. The molecule has 23 heavy (non-hydrogen) atoms. The zero-order valence-corrected chi connectivity index (χ0v) is 12.3. The number of benzene rings is 1. The van der Waals surface area contributed by atoms with Crippen LogP contribution in [0.25, 0.3) is 0 Å². The molecule has 0 amide bonds. The van der Waals surface area contributed by atoms with Crippen LogP contribution in [-0.2, 0) is 0 Å². The van der Waals surface area contributed by atoms with Gasteiger partial charge in [-0.1, -0.05) is 13.3 Å². The maximum Gasteiger partial charge on any atom is 0.286 e. The summed E-state index contributed by atoms with van der Waals surface area (Å²) in [5.74, 6) is -7.71. The Kier molecular flexibility index (Phi) is 3.55. The van der Waals surface area contributed by atoms with E-state index in [-0.39, 0.29) is 11.5 Å². The number of nitrogens with two attached hydrogens (primary N) is 1. The third-order valence-corrected chi connectivity index (χ3v) is 4.19. The Bertz CT molecular complexity index is 687. The van der Waals surface area contributed by atoms with Crippen LogP contribution in [0, 0.1) is 28.7 Å². The van der Waals surface area contributed by atoms with Gasteiger partial charge >= 0.3 is 0 Å². The molecule has 9 heteroatoms. The van der Waals surface area contributed by atoms with Gasteiger partial charge in [-0.15, -0.1) is 0 Å². The first-order valence-electron chi connectivity index (χ1n) is 7.05. The van der Waals surface area contributed by atoms with Crippen molar-refractivity contribution in [2.24, 2.45) is 21.1 Å². The molecule has 1 aromatic rings. The van der Waals surface area contributed by atoms with Crippen molar-refractivity contribution in [3.8, 4) is 0 Å². The second-order valence-corrected chi connectivity index (χ2v) is 5.97. The molecule has 0 bridgehead atoms. The Morgan fingerprint density at radius 2 is 1.78 bits per heavy atom. The van der Waals surface area contributed by atoms with E-state index in [9.17, 15) is 17.6 Å². The number of aliphatic imine (C=N–C) groups is 2. The van der Waals surface area contributed by atoms with Gasteiger partial charge in [0, 0.05) is 11.5 Å². The van der Waals surface area contributed by atoms with Crippen LogP contribution in [-0.4, -0.2) is 18.1 Å². The van der Waals surface area contributed by atoms with E-state index in [1.54, 1.807) is 0 Å².